The fourth-order valence-corrected chi connectivity index (χ4v) is 26.5. The van der Waals surface area contributed by atoms with Crippen LogP contribution in [0.25, 0.3) is 0 Å². The summed E-state index contributed by atoms with van der Waals surface area (Å²) in [6.07, 6.45) is -1.98. The first-order valence-electron chi connectivity index (χ1n) is 18.5. The normalized spacial score (nSPS) is 23.9. The van der Waals surface area contributed by atoms with Crippen LogP contribution < -0.4 is 5.32 Å². The number of hydrogen-bond donors (Lipinski definition) is 1. The molecule has 274 valence electrons. The summed E-state index contributed by atoms with van der Waals surface area (Å²) in [5.74, 6) is -0.130. The van der Waals surface area contributed by atoms with Gasteiger partial charge in [-0.15, -0.1) is 0 Å². The molecule has 5 atom stereocenters. The molecule has 1 amide bonds. The predicted octanol–water partition coefficient (Wildman–Crippen LogP) is 10.2. The smallest absolute Gasteiger partial charge is 0.217 e. The zero-order valence-corrected chi connectivity index (χ0v) is 36.7. The second-order valence-corrected chi connectivity index (χ2v) is 33.2. The van der Waals surface area contributed by atoms with Crippen molar-refractivity contribution in [2.75, 3.05) is 13.7 Å². The summed E-state index contributed by atoms with van der Waals surface area (Å²) in [6, 6.07) is -0.521. The first kappa shape index (κ1) is 43.9. The average Bonchev–Trinajstić information content (AvgIpc) is 2.89. The highest BCUT2D eigenvalue weighted by atomic mass is 28.4. The predicted molar refractivity (Wildman–Crippen MR) is 202 cm³/mol. The first-order valence-corrected chi connectivity index (χ1v) is 24.9. The molecule has 1 rings (SSSR count). The molecule has 0 saturated carbocycles. The maximum atomic E-state index is 12.8. The summed E-state index contributed by atoms with van der Waals surface area (Å²) in [4.78, 5) is 12.8. The molecule has 1 aliphatic rings. The number of methoxy groups -OCH3 is 1. The standard InChI is InChI=1S/C36H77NO6Si3/c1-22(2)44(23(3)4,24(5)6)40-21-32-34(42-45(25(7)8,26(9)10)27(11)12)35(33(37-31(19)38)36(39-20)41-32)43-46(28(13)14,29(15)16)30(17)18/h22-30,32-36H,21H2,1-20H3,(H,37,38)/t32-,33-,34-,35-,36-/m1/s1. The number of carbonyl (C=O) groups excluding carboxylic acids is 1. The third-order valence-corrected chi connectivity index (χ3v) is 29.8. The van der Waals surface area contributed by atoms with E-state index in [-0.39, 0.29) is 5.91 Å². The van der Waals surface area contributed by atoms with Crippen molar-refractivity contribution in [3.63, 3.8) is 0 Å². The minimum Gasteiger partial charge on any atom is -0.413 e. The van der Waals surface area contributed by atoms with Gasteiger partial charge in [-0.2, -0.15) is 0 Å². The van der Waals surface area contributed by atoms with Crippen molar-refractivity contribution in [3.05, 3.63) is 0 Å². The van der Waals surface area contributed by atoms with Gasteiger partial charge in [-0.3, -0.25) is 4.79 Å². The Kier molecular flexibility index (Phi) is 16.9. The monoisotopic (exact) mass is 704 g/mol. The van der Waals surface area contributed by atoms with E-state index in [9.17, 15) is 4.79 Å². The van der Waals surface area contributed by atoms with Gasteiger partial charge in [-0.05, 0) is 49.9 Å². The second kappa shape index (κ2) is 17.7. The van der Waals surface area contributed by atoms with E-state index >= 15 is 0 Å². The van der Waals surface area contributed by atoms with Crippen molar-refractivity contribution < 1.29 is 27.5 Å². The molecule has 46 heavy (non-hydrogen) atoms. The third-order valence-electron chi connectivity index (χ3n) is 11.5. The SMILES string of the molecule is CO[C@@H]1O[C@H](CO[Si](C(C)C)(C(C)C)C(C)C)[C@@H](O[Si](C(C)C)(C(C)C)C(C)C)[C@H](O[Si](C(C)C)(C(C)C)C(C)C)[C@H]1NC(C)=O. The highest BCUT2D eigenvalue weighted by Gasteiger charge is 2.58. The van der Waals surface area contributed by atoms with Crippen molar-refractivity contribution in [2.45, 2.75) is 212 Å². The van der Waals surface area contributed by atoms with Crippen molar-refractivity contribution >= 4 is 30.9 Å². The Hall–Kier alpha value is -0.0794. The Balaban J connectivity index is 4.14. The summed E-state index contributed by atoms with van der Waals surface area (Å²) in [7, 11) is -5.46. The van der Waals surface area contributed by atoms with Gasteiger partial charge in [0.15, 0.2) is 14.6 Å². The average molecular weight is 704 g/mol. The molecule has 0 radical (unpaired) electrons. The summed E-state index contributed by atoms with van der Waals surface area (Å²) < 4.78 is 35.7. The van der Waals surface area contributed by atoms with Gasteiger partial charge in [0, 0.05) is 14.0 Å². The Morgan fingerprint density at radius 2 is 0.913 bits per heavy atom. The molecule has 0 spiro atoms. The lowest BCUT2D eigenvalue weighted by molar-refractivity contribution is -0.256. The second-order valence-electron chi connectivity index (χ2n) is 16.9. The van der Waals surface area contributed by atoms with Crippen molar-refractivity contribution in [1.82, 2.24) is 5.32 Å². The van der Waals surface area contributed by atoms with Gasteiger partial charge >= 0.3 is 0 Å². The maximum Gasteiger partial charge on any atom is 0.217 e. The molecule has 7 nitrogen and oxygen atoms in total. The number of rotatable bonds is 18. The van der Waals surface area contributed by atoms with Crippen LogP contribution in [0.15, 0.2) is 0 Å². The lowest BCUT2D eigenvalue weighted by atomic mass is 9.97. The van der Waals surface area contributed by atoms with Gasteiger partial charge < -0.3 is 28.1 Å². The van der Waals surface area contributed by atoms with Gasteiger partial charge in [0.1, 0.15) is 18.2 Å². The van der Waals surface area contributed by atoms with Gasteiger partial charge in [-0.25, -0.2) is 0 Å². The first-order chi connectivity index (χ1) is 21.0. The minimum atomic E-state index is -2.45. The van der Waals surface area contributed by atoms with Crippen LogP contribution >= 0.6 is 0 Å². The number of ether oxygens (including phenoxy) is 2. The Morgan fingerprint density at radius 3 is 1.20 bits per heavy atom. The largest absolute Gasteiger partial charge is 0.413 e. The van der Waals surface area contributed by atoms with E-state index in [0.717, 1.165) is 0 Å². The molecule has 0 aromatic carbocycles. The molecule has 10 heteroatoms. The molecule has 1 fully saturated rings. The fourth-order valence-electron chi connectivity index (χ4n) is 9.92. The highest BCUT2D eigenvalue weighted by Crippen LogP contribution is 2.49. The van der Waals surface area contributed by atoms with Crippen molar-refractivity contribution in [1.29, 1.82) is 0 Å². The maximum absolute atomic E-state index is 12.8. The lowest BCUT2D eigenvalue weighted by Gasteiger charge is -2.55. The molecule has 0 unspecified atom stereocenters. The van der Waals surface area contributed by atoms with E-state index in [0.29, 0.717) is 56.5 Å². The molecular formula is C36H77NO6Si3. The number of hydrogen-bond acceptors (Lipinski definition) is 6. The molecule has 0 aromatic rings. The molecule has 1 heterocycles. The minimum absolute atomic E-state index is 0.130. The Labute approximate surface area is 288 Å². The molecule has 1 saturated heterocycles. The van der Waals surface area contributed by atoms with Gasteiger partial charge in [0.25, 0.3) is 0 Å². The van der Waals surface area contributed by atoms with Gasteiger partial charge in [-0.1, -0.05) is 125 Å². The Bertz CT molecular complexity index is 858. The quantitative estimate of drug-likeness (QED) is 0.143. The van der Waals surface area contributed by atoms with Crippen LogP contribution in [0.2, 0.25) is 49.9 Å². The molecular weight excluding hydrogens is 627 g/mol. The highest BCUT2D eigenvalue weighted by molar-refractivity contribution is 6.78. The fraction of sp³-hybridized carbons (Fsp3) is 0.972. The topological polar surface area (TPSA) is 75.2 Å². The van der Waals surface area contributed by atoms with Crippen LogP contribution in [0, 0.1) is 0 Å². The van der Waals surface area contributed by atoms with E-state index in [1.165, 1.54) is 0 Å². The molecule has 1 aliphatic heterocycles. The number of carbonyl (C=O) groups is 1. The zero-order chi connectivity index (χ0) is 36.1. The van der Waals surface area contributed by atoms with Crippen LogP contribution in [0.3, 0.4) is 0 Å². The molecule has 1 N–H and O–H groups in total. The van der Waals surface area contributed by atoms with E-state index < -0.39 is 55.6 Å². The molecule has 0 aromatic heterocycles. The van der Waals surface area contributed by atoms with E-state index in [1.54, 1.807) is 14.0 Å². The number of nitrogens with one attached hydrogen (secondary N) is 1. The van der Waals surface area contributed by atoms with E-state index in [1.807, 2.05) is 0 Å². The van der Waals surface area contributed by atoms with Crippen LogP contribution in [-0.4, -0.2) is 75.2 Å². The van der Waals surface area contributed by atoms with Gasteiger partial charge in [0.05, 0.1) is 12.7 Å². The van der Waals surface area contributed by atoms with E-state index in [4.69, 9.17) is 22.8 Å². The van der Waals surface area contributed by atoms with E-state index in [2.05, 4.69) is 130 Å². The number of amides is 1. The van der Waals surface area contributed by atoms with Crippen LogP contribution in [0.5, 0.6) is 0 Å². The Morgan fingerprint density at radius 1 is 0.587 bits per heavy atom. The van der Waals surface area contributed by atoms with Crippen LogP contribution in [0.4, 0.5) is 0 Å². The van der Waals surface area contributed by atoms with Crippen LogP contribution in [-0.2, 0) is 27.5 Å². The summed E-state index contributed by atoms with van der Waals surface area (Å²) in [5, 5.41) is 3.23. The third kappa shape index (κ3) is 8.79. The van der Waals surface area contributed by atoms with Crippen molar-refractivity contribution in [3.8, 4) is 0 Å². The molecule has 0 bridgehead atoms. The van der Waals surface area contributed by atoms with Crippen molar-refractivity contribution in [2.24, 2.45) is 0 Å². The zero-order valence-electron chi connectivity index (χ0n) is 33.7. The van der Waals surface area contributed by atoms with Gasteiger partial charge in [0.2, 0.25) is 22.5 Å². The summed E-state index contributed by atoms with van der Waals surface area (Å²) in [5.41, 5.74) is 3.48. The summed E-state index contributed by atoms with van der Waals surface area (Å²) in [6.45, 7) is 43.7. The summed E-state index contributed by atoms with van der Waals surface area (Å²) >= 11 is 0. The lowest BCUT2D eigenvalue weighted by Crippen LogP contribution is -2.71. The molecule has 0 aliphatic carbocycles. The van der Waals surface area contributed by atoms with Crippen LogP contribution in [0.1, 0.15) is 132 Å².